The molecule has 0 amide bonds. The highest BCUT2D eigenvalue weighted by atomic mass is 32.2. The lowest BCUT2D eigenvalue weighted by Gasteiger charge is -2.11. The van der Waals surface area contributed by atoms with Gasteiger partial charge in [0.2, 0.25) is 0 Å². The summed E-state index contributed by atoms with van der Waals surface area (Å²) >= 11 is 1.84. The van der Waals surface area contributed by atoms with E-state index in [9.17, 15) is 4.21 Å². The highest BCUT2D eigenvalue weighted by molar-refractivity contribution is 7.84. The minimum atomic E-state index is -0.658. The lowest BCUT2D eigenvalue weighted by atomic mass is 10.2. The van der Waals surface area contributed by atoms with E-state index in [2.05, 4.69) is 31.3 Å². The molecule has 2 unspecified atom stereocenters. The highest BCUT2D eigenvalue weighted by Crippen LogP contribution is 2.21. The first kappa shape index (κ1) is 12.9. The Kier molecular flexibility index (Phi) is 5.50. The van der Waals surface area contributed by atoms with E-state index in [0.29, 0.717) is 6.04 Å². The van der Waals surface area contributed by atoms with Crippen molar-refractivity contribution in [3.8, 4) is 0 Å². The molecule has 0 aromatic carbocycles. The van der Waals surface area contributed by atoms with Gasteiger partial charge in [0.15, 0.2) is 0 Å². The van der Waals surface area contributed by atoms with Gasteiger partial charge in [-0.2, -0.15) is 0 Å². The van der Waals surface area contributed by atoms with Gasteiger partial charge in [-0.15, -0.1) is 11.3 Å². The first-order valence-corrected chi connectivity index (χ1v) is 7.73. The summed E-state index contributed by atoms with van der Waals surface area (Å²) in [7, 11) is -0.658. The van der Waals surface area contributed by atoms with Crippen molar-refractivity contribution in [3.63, 3.8) is 0 Å². The molecule has 15 heavy (non-hydrogen) atoms. The number of nitrogens with one attached hydrogen (secondary N) is 1. The monoisotopic (exact) mass is 245 g/mol. The van der Waals surface area contributed by atoms with Gasteiger partial charge in [-0.25, -0.2) is 0 Å². The smallest absolute Gasteiger partial charge is 0.0386 e. The third kappa shape index (κ3) is 4.91. The summed E-state index contributed by atoms with van der Waals surface area (Å²) in [6, 6.07) is 4.74. The second kappa shape index (κ2) is 6.40. The maximum absolute atomic E-state index is 10.8. The fourth-order valence-electron chi connectivity index (χ4n) is 1.38. The van der Waals surface area contributed by atoms with Crippen LogP contribution < -0.4 is 5.32 Å². The zero-order valence-corrected chi connectivity index (χ0v) is 11.2. The fraction of sp³-hybridized carbons (Fsp3) is 0.636. The third-order valence-corrected chi connectivity index (χ3v) is 4.29. The molecule has 4 heteroatoms. The highest BCUT2D eigenvalue weighted by Gasteiger charge is 2.06. The molecule has 0 aliphatic carbocycles. The van der Waals surface area contributed by atoms with Crippen LogP contribution in [0.1, 0.15) is 29.1 Å². The molecule has 0 radical (unpaired) electrons. The average Bonchev–Trinajstić information content (AvgIpc) is 2.59. The van der Waals surface area contributed by atoms with Gasteiger partial charge in [0.1, 0.15) is 0 Å². The molecule has 1 N–H and O–H groups in total. The Balaban J connectivity index is 2.24. The van der Waals surface area contributed by atoms with Crippen LogP contribution in [0.3, 0.4) is 0 Å². The van der Waals surface area contributed by atoms with Crippen molar-refractivity contribution in [2.45, 2.75) is 26.3 Å². The molecule has 0 aliphatic rings. The largest absolute Gasteiger partial charge is 0.309 e. The molecule has 2 nitrogen and oxygen atoms in total. The van der Waals surface area contributed by atoms with Gasteiger partial charge >= 0.3 is 0 Å². The van der Waals surface area contributed by atoms with Crippen LogP contribution in [0, 0.1) is 6.92 Å². The average molecular weight is 245 g/mol. The van der Waals surface area contributed by atoms with Crippen LogP contribution in [0.25, 0.3) is 0 Å². The van der Waals surface area contributed by atoms with E-state index in [1.54, 1.807) is 6.26 Å². The van der Waals surface area contributed by atoms with E-state index >= 15 is 0 Å². The van der Waals surface area contributed by atoms with Crippen LogP contribution in [0.2, 0.25) is 0 Å². The number of hydrogen-bond donors (Lipinski definition) is 1. The van der Waals surface area contributed by atoms with E-state index in [-0.39, 0.29) is 0 Å². The van der Waals surface area contributed by atoms with E-state index in [0.717, 1.165) is 18.7 Å². The SMILES string of the molecule is Cc1ccc(C(C)NCCCS(C)=O)s1. The lowest BCUT2D eigenvalue weighted by molar-refractivity contribution is 0.578. The second-order valence-corrected chi connectivity index (χ2v) is 6.63. The first-order valence-electron chi connectivity index (χ1n) is 5.19. The predicted octanol–water partition coefficient (Wildman–Crippen LogP) is 2.48. The third-order valence-electron chi connectivity index (χ3n) is 2.25. The van der Waals surface area contributed by atoms with Crippen LogP contribution in [0.5, 0.6) is 0 Å². The van der Waals surface area contributed by atoms with E-state index < -0.39 is 10.8 Å². The number of rotatable bonds is 6. The Bertz CT molecular complexity index is 322. The van der Waals surface area contributed by atoms with Crippen LogP contribution in [-0.2, 0) is 10.8 Å². The topological polar surface area (TPSA) is 29.1 Å². The quantitative estimate of drug-likeness (QED) is 0.780. The number of thiophene rings is 1. The molecular weight excluding hydrogens is 226 g/mol. The maximum atomic E-state index is 10.8. The van der Waals surface area contributed by atoms with Crippen molar-refractivity contribution in [2.75, 3.05) is 18.6 Å². The molecule has 1 heterocycles. The molecular formula is C11H19NOS2. The summed E-state index contributed by atoms with van der Waals surface area (Å²) in [5.41, 5.74) is 0. The molecule has 0 aliphatic heterocycles. The maximum Gasteiger partial charge on any atom is 0.0386 e. The summed E-state index contributed by atoms with van der Waals surface area (Å²) in [6.07, 6.45) is 2.74. The zero-order valence-electron chi connectivity index (χ0n) is 9.58. The van der Waals surface area contributed by atoms with Crippen LogP contribution >= 0.6 is 11.3 Å². The van der Waals surface area contributed by atoms with Gasteiger partial charge in [-0.1, -0.05) is 0 Å². The van der Waals surface area contributed by atoms with Crippen molar-refractivity contribution >= 4 is 22.1 Å². The summed E-state index contributed by atoms with van der Waals surface area (Å²) in [5, 5.41) is 3.44. The standard InChI is InChI=1S/C11H19NOS2/c1-9-5-6-11(14-9)10(2)12-7-4-8-15(3)13/h5-6,10,12H,4,7-8H2,1-3H3. The Hall–Kier alpha value is -0.190. The molecule has 0 bridgehead atoms. The first-order chi connectivity index (χ1) is 7.09. The Morgan fingerprint density at radius 1 is 1.53 bits per heavy atom. The second-order valence-electron chi connectivity index (χ2n) is 3.76. The molecule has 2 atom stereocenters. The zero-order chi connectivity index (χ0) is 11.3. The van der Waals surface area contributed by atoms with Gasteiger partial charge in [-0.3, -0.25) is 4.21 Å². The molecule has 0 spiro atoms. The molecule has 0 saturated heterocycles. The molecule has 0 saturated carbocycles. The van der Waals surface area contributed by atoms with Gasteiger partial charge < -0.3 is 5.32 Å². The fourth-order valence-corrected chi connectivity index (χ4v) is 2.84. The normalized spacial score (nSPS) is 15.1. The molecule has 0 fully saturated rings. The minimum absolute atomic E-state index is 0.411. The van der Waals surface area contributed by atoms with Crippen LogP contribution in [0.15, 0.2) is 12.1 Å². The van der Waals surface area contributed by atoms with Crippen molar-refractivity contribution in [3.05, 3.63) is 21.9 Å². The Morgan fingerprint density at radius 2 is 2.27 bits per heavy atom. The summed E-state index contributed by atoms with van der Waals surface area (Å²) in [5.74, 6) is 0.795. The summed E-state index contributed by atoms with van der Waals surface area (Å²) in [6.45, 7) is 5.24. The van der Waals surface area contributed by atoms with E-state index in [1.165, 1.54) is 9.75 Å². The predicted molar refractivity (Wildman–Crippen MR) is 69.0 cm³/mol. The van der Waals surface area contributed by atoms with Crippen LogP contribution in [-0.4, -0.2) is 22.8 Å². The van der Waals surface area contributed by atoms with Crippen molar-refractivity contribution < 1.29 is 4.21 Å². The van der Waals surface area contributed by atoms with Crippen molar-refractivity contribution in [1.82, 2.24) is 5.32 Å². The van der Waals surface area contributed by atoms with Gasteiger partial charge in [0.05, 0.1) is 0 Å². The molecule has 1 aromatic rings. The molecule has 1 aromatic heterocycles. The molecule has 1 rings (SSSR count). The van der Waals surface area contributed by atoms with Crippen LogP contribution in [0.4, 0.5) is 0 Å². The Labute approximate surface area is 98.6 Å². The van der Waals surface area contributed by atoms with Crippen molar-refractivity contribution in [1.29, 1.82) is 0 Å². The van der Waals surface area contributed by atoms with Crippen molar-refractivity contribution in [2.24, 2.45) is 0 Å². The van der Waals surface area contributed by atoms with E-state index in [4.69, 9.17) is 0 Å². The molecule has 86 valence electrons. The summed E-state index contributed by atoms with van der Waals surface area (Å²) in [4.78, 5) is 2.73. The number of aryl methyl sites for hydroxylation is 1. The lowest BCUT2D eigenvalue weighted by Crippen LogP contribution is -2.20. The van der Waals surface area contributed by atoms with E-state index in [1.807, 2.05) is 11.3 Å². The Morgan fingerprint density at radius 3 is 2.80 bits per heavy atom. The van der Waals surface area contributed by atoms with Gasteiger partial charge in [0.25, 0.3) is 0 Å². The summed E-state index contributed by atoms with van der Waals surface area (Å²) < 4.78 is 10.8. The van der Waals surface area contributed by atoms with Gasteiger partial charge in [-0.05, 0) is 38.9 Å². The van der Waals surface area contributed by atoms with Gasteiger partial charge in [0, 0.05) is 38.6 Å². The number of hydrogen-bond acceptors (Lipinski definition) is 3. The minimum Gasteiger partial charge on any atom is -0.309 e.